The summed E-state index contributed by atoms with van der Waals surface area (Å²) in [5, 5.41) is 9.01. The van der Waals surface area contributed by atoms with Crippen molar-refractivity contribution in [2.24, 2.45) is 4.99 Å². The van der Waals surface area contributed by atoms with Gasteiger partial charge in [-0.3, -0.25) is 15.0 Å². The van der Waals surface area contributed by atoms with Crippen LogP contribution in [0.25, 0.3) is 0 Å². The molecule has 0 aromatic heterocycles. The maximum atomic E-state index is 14.1. The van der Waals surface area contributed by atoms with Gasteiger partial charge in [0.15, 0.2) is 11.6 Å². The van der Waals surface area contributed by atoms with E-state index in [0.717, 1.165) is 6.07 Å². The molecule has 1 aliphatic heterocycles. The minimum atomic E-state index is -4.58. The van der Waals surface area contributed by atoms with E-state index in [1.54, 1.807) is 75.4 Å². The molecule has 3 N–H and O–H groups in total. The van der Waals surface area contributed by atoms with E-state index in [0.29, 0.717) is 29.9 Å². The Morgan fingerprint density at radius 3 is 2.30 bits per heavy atom. The van der Waals surface area contributed by atoms with Gasteiger partial charge in [-0.05, 0) is 68.7 Å². The van der Waals surface area contributed by atoms with Crippen LogP contribution >= 0.6 is 0 Å². The van der Waals surface area contributed by atoms with Crippen molar-refractivity contribution in [1.29, 1.82) is 0 Å². The van der Waals surface area contributed by atoms with Crippen LogP contribution in [0.4, 0.5) is 13.2 Å². The minimum absolute atomic E-state index is 0.000738. The molecule has 0 unspecified atom stereocenters. The second kappa shape index (κ2) is 14.8. The number of hydrogen-bond acceptors (Lipinski definition) is 8. The molecule has 246 valence electrons. The summed E-state index contributed by atoms with van der Waals surface area (Å²) < 4.78 is 58.2. The summed E-state index contributed by atoms with van der Waals surface area (Å²) in [6.45, 7) is 5.20. The highest BCUT2D eigenvalue weighted by Crippen LogP contribution is 2.43. The number of carbonyl (C=O) groups is 2. The zero-order valence-corrected chi connectivity index (χ0v) is 25.9. The molecule has 4 rings (SSSR count). The van der Waals surface area contributed by atoms with Crippen molar-refractivity contribution in [3.05, 3.63) is 101 Å². The number of ether oxygens (including phenoxy) is 3. The lowest BCUT2D eigenvalue weighted by molar-refractivity contribution is -0.155. The number of esters is 1. The SMILES string of the molecule is CC(C)(C)OC(=O)CC[C@]1(C(=O)NNCc2ccccc2C(F)(F)F)N=C(c2ccc(OCCCO)cc2)O[C@H]1c1ccccc1. The van der Waals surface area contributed by atoms with Gasteiger partial charge in [0.1, 0.15) is 11.4 Å². The molecule has 0 aliphatic carbocycles. The topological polar surface area (TPSA) is 118 Å². The van der Waals surface area contributed by atoms with Gasteiger partial charge < -0.3 is 19.3 Å². The number of rotatable bonds is 13. The molecule has 0 bridgehead atoms. The number of halogens is 3. The zero-order chi connectivity index (χ0) is 33.4. The fraction of sp³-hybridized carbons (Fsp3) is 0.382. The van der Waals surface area contributed by atoms with Crippen molar-refractivity contribution in [3.8, 4) is 5.75 Å². The number of benzene rings is 3. The van der Waals surface area contributed by atoms with E-state index in [4.69, 9.17) is 24.3 Å². The second-order valence-corrected chi connectivity index (χ2v) is 11.7. The van der Waals surface area contributed by atoms with Gasteiger partial charge in [0.2, 0.25) is 5.90 Å². The second-order valence-electron chi connectivity index (χ2n) is 11.7. The normalized spacial score (nSPS) is 18.0. The summed E-state index contributed by atoms with van der Waals surface area (Å²) in [6, 6.07) is 20.8. The van der Waals surface area contributed by atoms with E-state index in [2.05, 4.69) is 10.9 Å². The van der Waals surface area contributed by atoms with Crippen molar-refractivity contribution in [2.45, 2.75) is 70.0 Å². The predicted octanol–water partition coefficient (Wildman–Crippen LogP) is 5.67. The molecule has 1 heterocycles. The standard InChI is InChI=1S/C34H38F3N3O6/c1-32(2,3)46-28(42)18-19-33(31(43)40-38-22-25-12-7-8-13-27(25)34(35,36)37)29(23-10-5-4-6-11-23)45-30(39-33)24-14-16-26(17-15-24)44-21-9-20-41/h4-8,10-17,29,38,41H,9,18-22H2,1-3H3,(H,40,43)/t29-,33-/m0/s1. The highest BCUT2D eigenvalue weighted by atomic mass is 19.4. The van der Waals surface area contributed by atoms with Crippen LogP contribution in [0.5, 0.6) is 5.75 Å². The Morgan fingerprint density at radius 1 is 0.978 bits per heavy atom. The number of nitrogens with one attached hydrogen (secondary N) is 2. The van der Waals surface area contributed by atoms with Crippen LogP contribution in [0, 0.1) is 0 Å². The minimum Gasteiger partial charge on any atom is -0.494 e. The van der Waals surface area contributed by atoms with E-state index in [-0.39, 0.29) is 37.5 Å². The van der Waals surface area contributed by atoms with Crippen LogP contribution < -0.4 is 15.6 Å². The first kappa shape index (κ1) is 34.5. The van der Waals surface area contributed by atoms with Gasteiger partial charge in [-0.1, -0.05) is 48.5 Å². The fourth-order valence-corrected chi connectivity index (χ4v) is 4.96. The van der Waals surface area contributed by atoms with Crippen molar-refractivity contribution in [1.82, 2.24) is 10.9 Å². The first-order valence-electron chi connectivity index (χ1n) is 14.9. The van der Waals surface area contributed by atoms with E-state index in [1.165, 1.54) is 18.2 Å². The molecule has 1 aliphatic rings. The van der Waals surface area contributed by atoms with E-state index in [1.807, 2.05) is 0 Å². The quantitative estimate of drug-likeness (QED) is 0.125. The zero-order valence-electron chi connectivity index (χ0n) is 25.9. The van der Waals surface area contributed by atoms with Crippen LogP contribution in [0.1, 0.15) is 68.4 Å². The smallest absolute Gasteiger partial charge is 0.416 e. The van der Waals surface area contributed by atoms with Crippen LogP contribution in [-0.2, 0) is 31.8 Å². The lowest BCUT2D eigenvalue weighted by atomic mass is 9.83. The van der Waals surface area contributed by atoms with E-state index in [9.17, 15) is 22.8 Å². The van der Waals surface area contributed by atoms with Gasteiger partial charge in [-0.25, -0.2) is 10.4 Å². The van der Waals surface area contributed by atoms with Gasteiger partial charge in [0, 0.05) is 31.6 Å². The monoisotopic (exact) mass is 641 g/mol. The van der Waals surface area contributed by atoms with Crippen molar-refractivity contribution < 1.29 is 42.1 Å². The Hall–Kier alpha value is -4.42. The molecule has 9 nitrogen and oxygen atoms in total. The molecule has 0 spiro atoms. The van der Waals surface area contributed by atoms with Gasteiger partial charge in [-0.2, -0.15) is 13.2 Å². The molecule has 0 fully saturated rings. The number of hydrogen-bond donors (Lipinski definition) is 3. The van der Waals surface area contributed by atoms with Crippen LogP contribution in [0.3, 0.4) is 0 Å². The summed E-state index contributed by atoms with van der Waals surface area (Å²) in [5.41, 5.74) is 2.94. The Balaban J connectivity index is 1.67. The number of carbonyl (C=O) groups excluding carboxylic acids is 2. The van der Waals surface area contributed by atoms with E-state index >= 15 is 0 Å². The summed E-state index contributed by atoms with van der Waals surface area (Å²) in [7, 11) is 0. The third-order valence-corrected chi connectivity index (χ3v) is 7.07. The summed E-state index contributed by atoms with van der Waals surface area (Å²) >= 11 is 0. The highest BCUT2D eigenvalue weighted by Gasteiger charge is 2.53. The molecular weight excluding hydrogens is 603 g/mol. The van der Waals surface area contributed by atoms with Crippen molar-refractivity contribution in [2.75, 3.05) is 13.2 Å². The van der Waals surface area contributed by atoms with Crippen LogP contribution in [-0.4, -0.2) is 47.2 Å². The summed E-state index contributed by atoms with van der Waals surface area (Å²) in [4.78, 5) is 31.8. The number of nitrogens with zero attached hydrogens (tertiary/aromatic N) is 1. The molecule has 3 aromatic carbocycles. The van der Waals surface area contributed by atoms with Gasteiger partial charge in [-0.15, -0.1) is 0 Å². The number of aliphatic hydroxyl groups excluding tert-OH is 1. The first-order chi connectivity index (χ1) is 21.8. The molecule has 3 aromatic rings. The molecular formula is C34H38F3N3O6. The average molecular weight is 642 g/mol. The molecule has 12 heteroatoms. The maximum Gasteiger partial charge on any atom is 0.416 e. The Morgan fingerprint density at radius 2 is 1.65 bits per heavy atom. The highest BCUT2D eigenvalue weighted by molar-refractivity contribution is 6.01. The third kappa shape index (κ3) is 8.85. The maximum absolute atomic E-state index is 14.1. The number of aliphatic imine (C=N–C) groups is 1. The number of alkyl halides is 3. The summed E-state index contributed by atoms with van der Waals surface area (Å²) in [5.74, 6) is -0.551. The largest absolute Gasteiger partial charge is 0.494 e. The third-order valence-electron chi connectivity index (χ3n) is 7.07. The fourth-order valence-electron chi connectivity index (χ4n) is 4.96. The predicted molar refractivity (Wildman–Crippen MR) is 165 cm³/mol. The Kier molecular flexibility index (Phi) is 11.1. The lowest BCUT2D eigenvalue weighted by Crippen LogP contribution is -2.52. The molecule has 1 amide bonds. The van der Waals surface area contributed by atoms with Crippen LogP contribution in [0.2, 0.25) is 0 Å². The first-order valence-corrected chi connectivity index (χ1v) is 14.9. The Labute approximate surface area is 265 Å². The van der Waals surface area contributed by atoms with E-state index < -0.39 is 40.9 Å². The van der Waals surface area contributed by atoms with Crippen molar-refractivity contribution in [3.63, 3.8) is 0 Å². The summed E-state index contributed by atoms with van der Waals surface area (Å²) in [6.07, 6.45) is -5.41. The molecule has 2 atom stereocenters. The molecule has 46 heavy (non-hydrogen) atoms. The van der Waals surface area contributed by atoms with Crippen molar-refractivity contribution >= 4 is 17.8 Å². The number of amides is 1. The number of hydrazine groups is 1. The molecule has 0 saturated heterocycles. The molecule has 0 radical (unpaired) electrons. The Bertz CT molecular complexity index is 1510. The number of aliphatic hydroxyl groups is 1. The molecule has 0 saturated carbocycles. The lowest BCUT2D eigenvalue weighted by Gasteiger charge is -2.31. The van der Waals surface area contributed by atoms with Gasteiger partial charge in [0.05, 0.1) is 12.2 Å². The van der Waals surface area contributed by atoms with Gasteiger partial charge in [0.25, 0.3) is 5.91 Å². The van der Waals surface area contributed by atoms with Gasteiger partial charge >= 0.3 is 12.1 Å². The van der Waals surface area contributed by atoms with Crippen LogP contribution in [0.15, 0.2) is 83.9 Å². The average Bonchev–Trinajstić information content (AvgIpc) is 3.41.